The summed E-state index contributed by atoms with van der Waals surface area (Å²) >= 11 is 0. The van der Waals surface area contributed by atoms with Gasteiger partial charge < -0.3 is 24.2 Å². The van der Waals surface area contributed by atoms with E-state index in [1.54, 1.807) is 31.4 Å². The number of ether oxygens (including phenoxy) is 3. The molecule has 0 spiro atoms. The molecule has 178 valence electrons. The molecule has 8 heteroatoms. The first-order valence-electron chi connectivity index (χ1n) is 11.3. The number of nitrogens with one attached hydrogen (secondary N) is 1. The third-order valence-corrected chi connectivity index (χ3v) is 5.77. The van der Waals surface area contributed by atoms with E-state index in [4.69, 9.17) is 14.2 Å². The minimum absolute atomic E-state index is 0.101. The molecule has 2 aromatic carbocycles. The Labute approximate surface area is 198 Å². The number of fused-ring (bicyclic) bond motifs is 1. The van der Waals surface area contributed by atoms with Crippen LogP contribution in [-0.2, 0) is 4.74 Å². The van der Waals surface area contributed by atoms with Crippen molar-refractivity contribution in [1.82, 2.24) is 15.1 Å². The highest BCUT2D eigenvalue weighted by Crippen LogP contribution is 2.45. The molecule has 3 aromatic rings. The maximum atomic E-state index is 13.4. The van der Waals surface area contributed by atoms with Crippen LogP contribution in [0.4, 0.5) is 0 Å². The van der Waals surface area contributed by atoms with Gasteiger partial charge in [0.15, 0.2) is 11.5 Å². The van der Waals surface area contributed by atoms with Gasteiger partial charge in [0.2, 0.25) is 0 Å². The van der Waals surface area contributed by atoms with Gasteiger partial charge in [-0.3, -0.25) is 9.89 Å². The number of amides is 1. The van der Waals surface area contributed by atoms with Crippen LogP contribution in [-0.4, -0.2) is 59.6 Å². The monoisotopic (exact) mass is 463 g/mol. The lowest BCUT2D eigenvalue weighted by molar-refractivity contribution is 0.0710. The molecule has 0 radical (unpaired) electrons. The maximum absolute atomic E-state index is 13.4. The van der Waals surface area contributed by atoms with Crippen molar-refractivity contribution in [2.45, 2.75) is 19.4 Å². The quantitative estimate of drug-likeness (QED) is 0.325. The molecule has 0 bridgehead atoms. The summed E-state index contributed by atoms with van der Waals surface area (Å²) in [6.45, 7) is 7.67. The zero-order valence-corrected chi connectivity index (χ0v) is 19.4. The third-order valence-electron chi connectivity index (χ3n) is 5.77. The van der Waals surface area contributed by atoms with Gasteiger partial charge in [-0.1, -0.05) is 30.9 Å². The summed E-state index contributed by atoms with van der Waals surface area (Å²) in [6.07, 6.45) is 2.36. The first kappa shape index (κ1) is 23.4. The second-order valence-corrected chi connectivity index (χ2v) is 7.84. The number of hydrogen-bond donors (Lipinski definition) is 2. The number of aromatic hydroxyl groups is 1. The van der Waals surface area contributed by atoms with Crippen LogP contribution in [0.15, 0.2) is 55.1 Å². The lowest BCUT2D eigenvalue weighted by Crippen LogP contribution is -2.31. The lowest BCUT2D eigenvalue weighted by Gasteiger charge is -2.27. The molecule has 1 aliphatic heterocycles. The van der Waals surface area contributed by atoms with Gasteiger partial charge in [0.1, 0.15) is 23.7 Å². The highest BCUT2D eigenvalue weighted by molar-refractivity contribution is 6.00. The number of phenols is 1. The molecular formula is C26H29N3O5. The number of hydrogen-bond acceptors (Lipinski definition) is 6. The Bertz CT molecular complexity index is 1170. The minimum atomic E-state index is -0.417. The van der Waals surface area contributed by atoms with Crippen LogP contribution in [0.3, 0.4) is 0 Å². The van der Waals surface area contributed by atoms with E-state index < -0.39 is 6.04 Å². The highest BCUT2D eigenvalue weighted by atomic mass is 16.5. The number of H-pyrrole nitrogens is 1. The van der Waals surface area contributed by atoms with E-state index >= 15 is 0 Å². The Morgan fingerprint density at radius 2 is 2.06 bits per heavy atom. The van der Waals surface area contributed by atoms with E-state index in [2.05, 4.69) is 16.8 Å². The fourth-order valence-electron chi connectivity index (χ4n) is 4.26. The fraction of sp³-hybridized carbons (Fsp3) is 0.308. The van der Waals surface area contributed by atoms with Crippen molar-refractivity contribution in [3.63, 3.8) is 0 Å². The Morgan fingerprint density at radius 1 is 1.24 bits per heavy atom. The molecule has 0 saturated carbocycles. The van der Waals surface area contributed by atoms with Gasteiger partial charge in [-0.25, -0.2) is 0 Å². The number of benzene rings is 2. The van der Waals surface area contributed by atoms with Crippen molar-refractivity contribution in [2.75, 3.05) is 33.5 Å². The van der Waals surface area contributed by atoms with Crippen molar-refractivity contribution in [1.29, 1.82) is 0 Å². The summed E-state index contributed by atoms with van der Waals surface area (Å²) in [5.41, 5.74) is 3.11. The van der Waals surface area contributed by atoms with E-state index in [1.807, 2.05) is 36.1 Å². The molecule has 8 nitrogen and oxygen atoms in total. The van der Waals surface area contributed by atoms with Gasteiger partial charge in [0, 0.05) is 30.9 Å². The summed E-state index contributed by atoms with van der Waals surface area (Å²) in [4.78, 5) is 15.2. The van der Waals surface area contributed by atoms with Crippen LogP contribution in [0.5, 0.6) is 17.2 Å². The van der Waals surface area contributed by atoms with E-state index in [9.17, 15) is 9.90 Å². The summed E-state index contributed by atoms with van der Waals surface area (Å²) in [5.74, 6) is 1.11. The molecule has 1 aromatic heterocycles. The molecule has 1 unspecified atom stereocenters. The molecule has 2 N–H and O–H groups in total. The van der Waals surface area contributed by atoms with Crippen LogP contribution in [0.25, 0.3) is 11.3 Å². The number of rotatable bonds is 11. The van der Waals surface area contributed by atoms with Gasteiger partial charge in [-0.2, -0.15) is 5.10 Å². The number of methoxy groups -OCH3 is 1. The SMILES string of the molecule is C=CCOc1ccc(C2c3c(-c4ccccc4O)n[nH]c3C(=O)N2CCCOCC)cc1OC. The predicted octanol–water partition coefficient (Wildman–Crippen LogP) is 4.33. The second kappa shape index (κ2) is 10.4. The van der Waals surface area contributed by atoms with E-state index in [0.29, 0.717) is 61.2 Å². The van der Waals surface area contributed by atoms with Crippen LogP contribution in [0.2, 0.25) is 0 Å². The average molecular weight is 464 g/mol. The number of para-hydroxylation sites is 1. The molecule has 4 rings (SSSR count). The number of aromatic nitrogens is 2. The van der Waals surface area contributed by atoms with Crippen LogP contribution < -0.4 is 9.47 Å². The molecule has 1 amide bonds. The first-order chi connectivity index (χ1) is 16.6. The third kappa shape index (κ3) is 4.36. The summed E-state index contributed by atoms with van der Waals surface area (Å²) in [5, 5.41) is 17.8. The summed E-state index contributed by atoms with van der Waals surface area (Å²) in [7, 11) is 1.58. The summed E-state index contributed by atoms with van der Waals surface area (Å²) in [6, 6.07) is 12.2. The first-order valence-corrected chi connectivity index (χ1v) is 11.3. The van der Waals surface area contributed by atoms with Crippen LogP contribution >= 0.6 is 0 Å². The van der Waals surface area contributed by atoms with E-state index in [1.165, 1.54) is 0 Å². The van der Waals surface area contributed by atoms with E-state index in [0.717, 1.165) is 11.1 Å². The van der Waals surface area contributed by atoms with Gasteiger partial charge in [0.25, 0.3) is 5.91 Å². The molecule has 0 aliphatic carbocycles. The van der Waals surface area contributed by atoms with Gasteiger partial charge in [-0.15, -0.1) is 0 Å². The number of nitrogens with zero attached hydrogens (tertiary/aromatic N) is 2. The average Bonchev–Trinajstić information content (AvgIpc) is 3.39. The Morgan fingerprint density at radius 3 is 2.79 bits per heavy atom. The molecule has 1 atom stereocenters. The largest absolute Gasteiger partial charge is 0.507 e. The lowest BCUT2D eigenvalue weighted by atomic mass is 9.95. The number of carbonyl (C=O) groups is 1. The van der Waals surface area contributed by atoms with Gasteiger partial charge in [0.05, 0.1) is 13.2 Å². The number of carbonyl (C=O) groups excluding carboxylic acids is 1. The topological polar surface area (TPSA) is 96.9 Å². The maximum Gasteiger partial charge on any atom is 0.273 e. The van der Waals surface area contributed by atoms with Crippen molar-refractivity contribution >= 4 is 5.91 Å². The zero-order chi connectivity index (χ0) is 24.1. The Balaban J connectivity index is 1.79. The predicted molar refractivity (Wildman–Crippen MR) is 128 cm³/mol. The molecular weight excluding hydrogens is 434 g/mol. The fourth-order valence-corrected chi connectivity index (χ4v) is 4.26. The zero-order valence-electron chi connectivity index (χ0n) is 19.4. The smallest absolute Gasteiger partial charge is 0.273 e. The van der Waals surface area contributed by atoms with Gasteiger partial charge in [-0.05, 0) is 43.2 Å². The van der Waals surface area contributed by atoms with Crippen LogP contribution in [0, 0.1) is 0 Å². The van der Waals surface area contributed by atoms with Crippen molar-refractivity contribution in [3.8, 4) is 28.5 Å². The second-order valence-electron chi connectivity index (χ2n) is 7.84. The van der Waals surface area contributed by atoms with Crippen LogP contribution in [0.1, 0.15) is 41.0 Å². The molecule has 0 saturated heterocycles. The Kier molecular flexibility index (Phi) is 7.18. The molecule has 1 aliphatic rings. The van der Waals surface area contributed by atoms with Crippen molar-refractivity contribution in [2.24, 2.45) is 0 Å². The number of aromatic amines is 1. The molecule has 0 fully saturated rings. The standard InChI is InChI=1S/C26H29N3O5/c1-4-14-34-20-12-11-17(16-21(20)32-3)25-22-23(18-9-6-7-10-19(18)30)27-28-24(22)26(31)29(25)13-8-15-33-5-2/h4,6-7,9-12,16,25,30H,1,5,8,13-15H2,2-3H3,(H,27,28). The van der Waals surface area contributed by atoms with Crippen molar-refractivity contribution < 1.29 is 24.1 Å². The van der Waals surface area contributed by atoms with E-state index in [-0.39, 0.29) is 11.7 Å². The minimum Gasteiger partial charge on any atom is -0.507 e. The van der Waals surface area contributed by atoms with Crippen molar-refractivity contribution in [3.05, 3.63) is 71.9 Å². The summed E-state index contributed by atoms with van der Waals surface area (Å²) < 4.78 is 16.8. The molecule has 34 heavy (non-hydrogen) atoms. The Hall–Kier alpha value is -3.78. The van der Waals surface area contributed by atoms with Gasteiger partial charge >= 0.3 is 0 Å². The highest BCUT2D eigenvalue weighted by Gasteiger charge is 2.42. The number of phenolic OH excluding ortho intramolecular Hbond substituents is 1. The molecule has 2 heterocycles. The normalized spacial score (nSPS) is 14.8.